The average Bonchev–Trinajstić information content (AvgIpc) is 2.99. The number of hydrogen-bond acceptors (Lipinski definition) is 5. The van der Waals surface area contributed by atoms with Crippen LogP contribution >= 0.6 is 22.9 Å². The molecule has 1 aliphatic rings. The summed E-state index contributed by atoms with van der Waals surface area (Å²) in [6.45, 7) is 5.44. The van der Waals surface area contributed by atoms with Crippen LogP contribution in [-0.2, 0) is 9.53 Å². The van der Waals surface area contributed by atoms with Crippen LogP contribution in [0.4, 0.5) is 0 Å². The van der Waals surface area contributed by atoms with E-state index >= 15 is 0 Å². The van der Waals surface area contributed by atoms with Crippen molar-refractivity contribution < 1.29 is 9.53 Å². The topological polar surface area (TPSA) is 42.4 Å². The number of nitrogens with zero attached hydrogens (tertiary/aromatic N) is 2. The van der Waals surface area contributed by atoms with Crippen molar-refractivity contribution >= 4 is 39.1 Å². The van der Waals surface area contributed by atoms with Crippen molar-refractivity contribution in [1.82, 2.24) is 9.88 Å². The fourth-order valence-corrected chi connectivity index (χ4v) is 4.46. The Bertz CT molecular complexity index is 695. The lowest BCUT2D eigenvalue weighted by atomic mass is 9.97. The van der Waals surface area contributed by atoms with E-state index in [0.717, 1.165) is 49.4 Å². The van der Waals surface area contributed by atoms with Gasteiger partial charge in [0.2, 0.25) is 0 Å². The molecule has 2 aromatic rings. The Morgan fingerprint density at radius 1 is 1.42 bits per heavy atom. The highest BCUT2D eigenvalue weighted by Gasteiger charge is 2.23. The SMILES string of the molecule is CCOC(=O)CCCN1CCC(c2nc3cc(Cl)ccc3s2)CC1. The van der Waals surface area contributed by atoms with Gasteiger partial charge in [-0.05, 0) is 64.0 Å². The van der Waals surface area contributed by atoms with Crippen molar-refractivity contribution in [3.8, 4) is 0 Å². The van der Waals surface area contributed by atoms with Crippen molar-refractivity contribution in [3.05, 3.63) is 28.2 Å². The fourth-order valence-electron chi connectivity index (χ4n) is 3.18. The number of carbonyl (C=O) groups excluding carboxylic acids is 1. The Balaban J connectivity index is 1.48. The van der Waals surface area contributed by atoms with E-state index in [-0.39, 0.29) is 5.97 Å². The van der Waals surface area contributed by atoms with Gasteiger partial charge < -0.3 is 9.64 Å². The van der Waals surface area contributed by atoms with Crippen LogP contribution in [0.3, 0.4) is 0 Å². The summed E-state index contributed by atoms with van der Waals surface area (Å²) >= 11 is 7.84. The maximum Gasteiger partial charge on any atom is 0.305 e. The van der Waals surface area contributed by atoms with Gasteiger partial charge in [-0.3, -0.25) is 4.79 Å². The fraction of sp³-hybridized carbons (Fsp3) is 0.556. The van der Waals surface area contributed by atoms with Crippen LogP contribution in [0.5, 0.6) is 0 Å². The van der Waals surface area contributed by atoms with Crippen molar-refractivity contribution in [3.63, 3.8) is 0 Å². The van der Waals surface area contributed by atoms with Crippen molar-refractivity contribution in [2.75, 3.05) is 26.2 Å². The van der Waals surface area contributed by atoms with Gasteiger partial charge in [-0.2, -0.15) is 0 Å². The molecule has 6 heteroatoms. The third kappa shape index (κ3) is 4.47. The van der Waals surface area contributed by atoms with Crippen LogP contribution in [0.2, 0.25) is 5.02 Å². The van der Waals surface area contributed by atoms with Gasteiger partial charge in [-0.1, -0.05) is 11.6 Å². The van der Waals surface area contributed by atoms with Gasteiger partial charge in [-0.25, -0.2) is 4.98 Å². The molecule has 0 aliphatic carbocycles. The summed E-state index contributed by atoms with van der Waals surface area (Å²) < 4.78 is 6.18. The van der Waals surface area contributed by atoms with Crippen LogP contribution in [0.15, 0.2) is 18.2 Å². The minimum atomic E-state index is -0.0828. The molecule has 0 bridgehead atoms. The van der Waals surface area contributed by atoms with Gasteiger partial charge in [0, 0.05) is 17.4 Å². The van der Waals surface area contributed by atoms with Crippen LogP contribution in [0.25, 0.3) is 10.2 Å². The zero-order valence-corrected chi connectivity index (χ0v) is 15.5. The number of thiazole rings is 1. The van der Waals surface area contributed by atoms with Gasteiger partial charge in [0.15, 0.2) is 0 Å². The molecule has 130 valence electrons. The first-order valence-corrected chi connectivity index (χ1v) is 9.79. The molecule has 0 N–H and O–H groups in total. The van der Waals surface area contributed by atoms with Crippen LogP contribution in [0.1, 0.15) is 43.5 Å². The standard InChI is InChI=1S/C18H23ClN2O2S/c1-2-23-17(22)4-3-9-21-10-7-13(8-11-21)18-20-15-12-14(19)5-6-16(15)24-18/h5-6,12-13H,2-4,7-11H2,1H3. The highest BCUT2D eigenvalue weighted by Crippen LogP contribution is 2.34. The van der Waals surface area contributed by atoms with Crippen molar-refractivity contribution in [2.45, 2.75) is 38.5 Å². The molecule has 2 heterocycles. The van der Waals surface area contributed by atoms with E-state index in [2.05, 4.69) is 11.0 Å². The molecule has 1 fully saturated rings. The number of carbonyl (C=O) groups is 1. The molecule has 0 radical (unpaired) electrons. The smallest absolute Gasteiger partial charge is 0.305 e. The molecular formula is C18H23ClN2O2S. The summed E-state index contributed by atoms with van der Waals surface area (Å²) in [4.78, 5) is 18.6. The minimum Gasteiger partial charge on any atom is -0.466 e. The van der Waals surface area contributed by atoms with Crippen LogP contribution in [-0.4, -0.2) is 42.1 Å². The van der Waals surface area contributed by atoms with E-state index in [9.17, 15) is 4.79 Å². The Morgan fingerprint density at radius 2 is 2.21 bits per heavy atom. The van der Waals surface area contributed by atoms with Gasteiger partial charge in [0.25, 0.3) is 0 Å². The lowest BCUT2D eigenvalue weighted by Gasteiger charge is -2.30. The largest absolute Gasteiger partial charge is 0.466 e. The molecule has 1 saturated heterocycles. The molecule has 24 heavy (non-hydrogen) atoms. The van der Waals surface area contributed by atoms with Crippen LogP contribution < -0.4 is 0 Å². The molecule has 0 amide bonds. The third-order valence-corrected chi connectivity index (χ3v) is 5.90. The van der Waals surface area contributed by atoms with E-state index in [1.807, 2.05) is 19.1 Å². The molecule has 0 saturated carbocycles. The summed E-state index contributed by atoms with van der Waals surface area (Å²) in [7, 11) is 0. The van der Waals surface area contributed by atoms with Gasteiger partial charge in [0.05, 0.1) is 21.8 Å². The lowest BCUT2D eigenvalue weighted by Crippen LogP contribution is -2.33. The predicted octanol–water partition coefficient (Wildman–Crippen LogP) is 4.47. The van der Waals surface area contributed by atoms with Gasteiger partial charge in [0.1, 0.15) is 0 Å². The molecule has 1 aliphatic heterocycles. The summed E-state index contributed by atoms with van der Waals surface area (Å²) in [5, 5.41) is 1.98. The third-order valence-electron chi connectivity index (χ3n) is 4.46. The lowest BCUT2D eigenvalue weighted by molar-refractivity contribution is -0.143. The second kappa shape index (κ2) is 8.28. The second-order valence-corrected chi connectivity index (χ2v) is 7.69. The first-order valence-electron chi connectivity index (χ1n) is 8.59. The van der Waals surface area contributed by atoms with E-state index in [1.54, 1.807) is 11.3 Å². The first kappa shape index (κ1) is 17.6. The van der Waals surface area contributed by atoms with E-state index in [1.165, 1.54) is 9.71 Å². The molecule has 3 rings (SSSR count). The summed E-state index contributed by atoms with van der Waals surface area (Å²) in [6, 6.07) is 5.93. The minimum absolute atomic E-state index is 0.0828. The number of ether oxygens (including phenoxy) is 1. The molecule has 1 aromatic carbocycles. The van der Waals surface area contributed by atoms with E-state index < -0.39 is 0 Å². The highest BCUT2D eigenvalue weighted by atomic mass is 35.5. The van der Waals surface area contributed by atoms with E-state index in [4.69, 9.17) is 21.3 Å². The number of aromatic nitrogens is 1. The Morgan fingerprint density at radius 3 is 2.96 bits per heavy atom. The first-order chi connectivity index (χ1) is 11.7. The zero-order valence-electron chi connectivity index (χ0n) is 14.0. The van der Waals surface area contributed by atoms with E-state index in [0.29, 0.717) is 18.9 Å². The molecule has 0 spiro atoms. The Kier molecular flexibility index (Phi) is 6.09. The number of benzene rings is 1. The maximum atomic E-state index is 11.4. The zero-order chi connectivity index (χ0) is 16.9. The van der Waals surface area contributed by atoms with Crippen LogP contribution in [0, 0.1) is 0 Å². The number of rotatable bonds is 6. The number of esters is 1. The summed E-state index contributed by atoms with van der Waals surface area (Å²) in [5.41, 5.74) is 1.01. The van der Waals surface area contributed by atoms with Crippen molar-refractivity contribution in [2.24, 2.45) is 0 Å². The quantitative estimate of drug-likeness (QED) is 0.707. The average molecular weight is 367 g/mol. The summed E-state index contributed by atoms with van der Waals surface area (Å²) in [6.07, 6.45) is 3.66. The predicted molar refractivity (Wildman–Crippen MR) is 98.9 cm³/mol. The second-order valence-electron chi connectivity index (χ2n) is 6.19. The van der Waals surface area contributed by atoms with Gasteiger partial charge in [-0.15, -0.1) is 11.3 Å². The number of likely N-dealkylation sites (tertiary alicyclic amines) is 1. The highest BCUT2D eigenvalue weighted by molar-refractivity contribution is 7.18. The summed E-state index contributed by atoms with van der Waals surface area (Å²) in [5.74, 6) is 0.461. The van der Waals surface area contributed by atoms with Gasteiger partial charge >= 0.3 is 5.97 Å². The molecule has 0 atom stereocenters. The monoisotopic (exact) mass is 366 g/mol. The molecule has 0 unspecified atom stereocenters. The molecular weight excluding hydrogens is 344 g/mol. The molecule has 4 nitrogen and oxygen atoms in total. The number of hydrogen-bond donors (Lipinski definition) is 0. The number of fused-ring (bicyclic) bond motifs is 1. The Hall–Kier alpha value is -1.17. The maximum absolute atomic E-state index is 11.4. The number of halogens is 1. The normalized spacial score (nSPS) is 16.6. The number of piperidine rings is 1. The molecule has 1 aromatic heterocycles. The Labute approximate surface area is 151 Å². The van der Waals surface area contributed by atoms with Crippen molar-refractivity contribution in [1.29, 1.82) is 0 Å².